The van der Waals surface area contributed by atoms with Crippen molar-refractivity contribution in [2.24, 2.45) is 0 Å². The zero-order valence-electron chi connectivity index (χ0n) is 17.7. The van der Waals surface area contributed by atoms with E-state index in [9.17, 15) is 9.18 Å². The molecule has 0 radical (unpaired) electrons. The Bertz CT molecular complexity index is 1020. The van der Waals surface area contributed by atoms with Crippen molar-refractivity contribution in [3.8, 4) is 0 Å². The Morgan fingerprint density at radius 1 is 1.10 bits per heavy atom. The fraction of sp³-hybridized carbons (Fsp3) is 0.320. The number of aryl methyl sites for hydroxylation is 1. The number of pyridine rings is 2. The Hall–Kier alpha value is -3.12. The van der Waals surface area contributed by atoms with E-state index in [1.165, 1.54) is 17.7 Å². The first-order valence-corrected chi connectivity index (χ1v) is 10.7. The van der Waals surface area contributed by atoms with Crippen LogP contribution in [0.2, 0.25) is 0 Å². The number of amides is 1. The Kier molecular flexibility index (Phi) is 6.67. The maximum Gasteiger partial charge on any atom is 0.253 e. The van der Waals surface area contributed by atoms with Crippen LogP contribution in [0.25, 0.3) is 0 Å². The SMILES string of the molecule is Cc1ccc(C(=O)NCc2ccc(F)cc2)c(C2CCN(Cc3cccnc3)CC2)n1. The van der Waals surface area contributed by atoms with E-state index in [2.05, 4.69) is 21.3 Å². The van der Waals surface area contributed by atoms with Crippen molar-refractivity contribution < 1.29 is 9.18 Å². The predicted octanol–water partition coefficient (Wildman–Crippen LogP) is 4.23. The first kappa shape index (κ1) is 21.1. The second-order valence-corrected chi connectivity index (χ2v) is 8.11. The number of benzene rings is 1. The molecular weight excluding hydrogens is 391 g/mol. The first-order valence-electron chi connectivity index (χ1n) is 10.7. The van der Waals surface area contributed by atoms with E-state index in [0.717, 1.165) is 49.4 Å². The van der Waals surface area contributed by atoms with Gasteiger partial charge in [0.2, 0.25) is 0 Å². The van der Waals surface area contributed by atoms with Crippen molar-refractivity contribution in [2.75, 3.05) is 13.1 Å². The lowest BCUT2D eigenvalue weighted by Crippen LogP contribution is -2.34. The molecule has 1 amide bonds. The van der Waals surface area contributed by atoms with E-state index < -0.39 is 0 Å². The number of rotatable bonds is 6. The predicted molar refractivity (Wildman–Crippen MR) is 118 cm³/mol. The average Bonchev–Trinajstić information content (AvgIpc) is 2.80. The number of likely N-dealkylation sites (tertiary alicyclic amines) is 1. The van der Waals surface area contributed by atoms with Gasteiger partial charge in [0.1, 0.15) is 5.82 Å². The lowest BCUT2D eigenvalue weighted by molar-refractivity contribution is 0.0948. The van der Waals surface area contributed by atoms with Crippen LogP contribution in [0.4, 0.5) is 4.39 Å². The summed E-state index contributed by atoms with van der Waals surface area (Å²) in [6.45, 7) is 5.14. The molecule has 1 fully saturated rings. The molecule has 1 saturated heterocycles. The summed E-state index contributed by atoms with van der Waals surface area (Å²) in [6, 6.07) is 14.0. The van der Waals surface area contributed by atoms with Crippen LogP contribution in [-0.2, 0) is 13.1 Å². The average molecular weight is 419 g/mol. The molecule has 2 aromatic heterocycles. The van der Waals surface area contributed by atoms with Crippen LogP contribution >= 0.6 is 0 Å². The molecule has 0 unspecified atom stereocenters. The van der Waals surface area contributed by atoms with Gasteiger partial charge in [-0.1, -0.05) is 18.2 Å². The number of piperidine rings is 1. The summed E-state index contributed by atoms with van der Waals surface area (Å²) in [5.74, 6) is -0.156. The Morgan fingerprint density at radius 2 is 1.87 bits per heavy atom. The van der Waals surface area contributed by atoms with Crippen molar-refractivity contribution in [1.82, 2.24) is 20.2 Å². The minimum absolute atomic E-state index is 0.135. The maximum absolute atomic E-state index is 13.1. The molecule has 1 aliphatic heterocycles. The highest BCUT2D eigenvalue weighted by Gasteiger charge is 2.26. The number of carbonyl (C=O) groups is 1. The third kappa shape index (κ3) is 5.52. The summed E-state index contributed by atoms with van der Waals surface area (Å²) in [7, 11) is 0. The van der Waals surface area contributed by atoms with Crippen LogP contribution in [-0.4, -0.2) is 33.9 Å². The van der Waals surface area contributed by atoms with Gasteiger partial charge in [-0.2, -0.15) is 0 Å². The highest BCUT2D eigenvalue weighted by Crippen LogP contribution is 2.30. The zero-order valence-corrected chi connectivity index (χ0v) is 17.7. The van der Waals surface area contributed by atoms with Gasteiger partial charge in [0.05, 0.1) is 11.3 Å². The van der Waals surface area contributed by atoms with Gasteiger partial charge in [-0.15, -0.1) is 0 Å². The van der Waals surface area contributed by atoms with Crippen molar-refractivity contribution in [3.05, 3.63) is 94.8 Å². The van der Waals surface area contributed by atoms with Gasteiger partial charge >= 0.3 is 0 Å². The summed E-state index contributed by atoms with van der Waals surface area (Å²) in [4.78, 5) is 24.3. The second kappa shape index (κ2) is 9.79. The Morgan fingerprint density at radius 3 is 2.58 bits per heavy atom. The van der Waals surface area contributed by atoms with E-state index in [1.54, 1.807) is 18.3 Å². The van der Waals surface area contributed by atoms with Gasteiger partial charge < -0.3 is 5.32 Å². The van der Waals surface area contributed by atoms with Gasteiger partial charge in [-0.3, -0.25) is 19.7 Å². The third-order valence-electron chi connectivity index (χ3n) is 5.78. The van der Waals surface area contributed by atoms with Crippen LogP contribution in [0.5, 0.6) is 0 Å². The first-order chi connectivity index (χ1) is 15.1. The van der Waals surface area contributed by atoms with E-state index in [1.807, 2.05) is 31.3 Å². The number of aromatic nitrogens is 2. The molecule has 0 atom stereocenters. The number of hydrogen-bond donors (Lipinski definition) is 1. The van der Waals surface area contributed by atoms with E-state index in [-0.39, 0.29) is 17.6 Å². The fourth-order valence-electron chi connectivity index (χ4n) is 4.07. The summed E-state index contributed by atoms with van der Waals surface area (Å²) in [5, 5.41) is 2.96. The number of nitrogens with zero attached hydrogens (tertiary/aromatic N) is 3. The van der Waals surface area contributed by atoms with Crippen molar-refractivity contribution in [3.63, 3.8) is 0 Å². The minimum Gasteiger partial charge on any atom is -0.348 e. The van der Waals surface area contributed by atoms with Crippen LogP contribution in [0, 0.1) is 12.7 Å². The molecule has 3 heterocycles. The molecule has 1 N–H and O–H groups in total. The Labute approximate surface area is 182 Å². The molecule has 4 rings (SSSR count). The summed E-state index contributed by atoms with van der Waals surface area (Å²) >= 11 is 0. The molecule has 3 aromatic rings. The van der Waals surface area contributed by atoms with Crippen molar-refractivity contribution in [1.29, 1.82) is 0 Å². The molecule has 0 spiro atoms. The third-order valence-corrected chi connectivity index (χ3v) is 5.78. The van der Waals surface area contributed by atoms with Gasteiger partial charge in [0, 0.05) is 37.1 Å². The van der Waals surface area contributed by atoms with E-state index in [0.29, 0.717) is 12.1 Å². The number of nitrogens with one attached hydrogen (secondary N) is 1. The molecule has 6 heteroatoms. The molecule has 1 aromatic carbocycles. The standard InChI is InChI=1S/C25H27FN4O/c1-18-4-9-23(25(31)28-16-19-5-7-22(26)8-6-19)24(29-18)21-10-13-30(14-11-21)17-20-3-2-12-27-15-20/h2-9,12,15,21H,10-11,13-14,16-17H2,1H3,(H,28,31). The van der Waals surface area contributed by atoms with Gasteiger partial charge in [-0.25, -0.2) is 4.39 Å². The smallest absolute Gasteiger partial charge is 0.253 e. The second-order valence-electron chi connectivity index (χ2n) is 8.11. The summed E-state index contributed by atoms with van der Waals surface area (Å²) in [5.41, 5.74) is 4.52. The summed E-state index contributed by atoms with van der Waals surface area (Å²) < 4.78 is 13.1. The summed E-state index contributed by atoms with van der Waals surface area (Å²) in [6.07, 6.45) is 5.64. The van der Waals surface area contributed by atoms with Crippen LogP contribution < -0.4 is 5.32 Å². The van der Waals surface area contributed by atoms with E-state index >= 15 is 0 Å². The minimum atomic E-state index is -0.282. The number of halogens is 1. The zero-order chi connectivity index (χ0) is 21.6. The highest BCUT2D eigenvalue weighted by atomic mass is 19.1. The normalized spacial score (nSPS) is 15.0. The molecule has 1 aliphatic rings. The molecule has 160 valence electrons. The maximum atomic E-state index is 13.1. The van der Waals surface area contributed by atoms with Gasteiger partial charge in [-0.05, 0) is 74.3 Å². The van der Waals surface area contributed by atoms with E-state index in [4.69, 9.17) is 4.98 Å². The van der Waals surface area contributed by atoms with Crippen molar-refractivity contribution >= 4 is 5.91 Å². The van der Waals surface area contributed by atoms with Gasteiger partial charge in [0.15, 0.2) is 0 Å². The van der Waals surface area contributed by atoms with Crippen LogP contribution in [0.1, 0.15) is 51.6 Å². The van der Waals surface area contributed by atoms with Crippen LogP contribution in [0.3, 0.4) is 0 Å². The molecule has 0 aliphatic carbocycles. The number of carbonyl (C=O) groups excluding carboxylic acids is 1. The monoisotopic (exact) mass is 418 g/mol. The molecule has 31 heavy (non-hydrogen) atoms. The quantitative estimate of drug-likeness (QED) is 0.651. The van der Waals surface area contributed by atoms with Crippen molar-refractivity contribution in [2.45, 2.75) is 38.8 Å². The molecular formula is C25H27FN4O. The van der Waals surface area contributed by atoms with Gasteiger partial charge in [0.25, 0.3) is 5.91 Å². The van der Waals surface area contributed by atoms with Crippen LogP contribution in [0.15, 0.2) is 60.9 Å². The highest BCUT2D eigenvalue weighted by molar-refractivity contribution is 5.95. The lowest BCUT2D eigenvalue weighted by Gasteiger charge is -2.32. The molecule has 0 saturated carbocycles. The Balaban J connectivity index is 1.41. The number of hydrogen-bond acceptors (Lipinski definition) is 4. The molecule has 5 nitrogen and oxygen atoms in total. The molecule has 0 bridgehead atoms. The largest absolute Gasteiger partial charge is 0.348 e. The topological polar surface area (TPSA) is 58.1 Å². The fourth-order valence-corrected chi connectivity index (χ4v) is 4.07. The lowest BCUT2D eigenvalue weighted by atomic mass is 9.89.